The average Bonchev–Trinajstić information content (AvgIpc) is 3.43. The summed E-state index contributed by atoms with van der Waals surface area (Å²) < 4.78 is 35.3. The second kappa shape index (κ2) is 13.6. The molecule has 2 N–H and O–H groups in total. The van der Waals surface area contributed by atoms with Gasteiger partial charge in [0.25, 0.3) is 5.91 Å². The van der Waals surface area contributed by atoms with Crippen LogP contribution in [0.2, 0.25) is 0 Å². The number of nitrogens with one attached hydrogen (secondary N) is 1. The summed E-state index contributed by atoms with van der Waals surface area (Å²) in [5.74, 6) is -0.377. The standard InChI is InChI=1S/C33H38N4O5S/c1-24-9-12-28(13-10-24)32-30(23-36(35-32)22-27-8-5-7-26(20-27)6-3-4-17-38)33(39)34-29-14-11-25(2)31(21-29)43(40,41)37-15-18-42-19-16-37/h5,7-14,20-21,23,38H,3-4,6,15-19,22H2,1-2H3,(H,34,39). The number of morpholine rings is 1. The molecule has 9 nitrogen and oxygen atoms in total. The van der Waals surface area contributed by atoms with Gasteiger partial charge < -0.3 is 15.2 Å². The molecule has 0 aliphatic carbocycles. The van der Waals surface area contributed by atoms with E-state index in [0.717, 1.165) is 36.0 Å². The van der Waals surface area contributed by atoms with Gasteiger partial charge in [0.05, 0.1) is 30.2 Å². The largest absolute Gasteiger partial charge is 0.396 e. The highest BCUT2D eigenvalue weighted by molar-refractivity contribution is 7.89. The molecule has 5 rings (SSSR count). The third-order valence-corrected chi connectivity index (χ3v) is 9.62. The maximum absolute atomic E-state index is 13.7. The van der Waals surface area contributed by atoms with E-state index in [4.69, 9.17) is 14.9 Å². The first-order valence-corrected chi connectivity index (χ1v) is 16.0. The fraction of sp³-hybridized carbons (Fsp3) is 0.333. The first kappa shape index (κ1) is 30.6. The zero-order valence-electron chi connectivity index (χ0n) is 24.6. The van der Waals surface area contributed by atoms with Gasteiger partial charge in [-0.25, -0.2) is 8.42 Å². The highest BCUT2D eigenvalue weighted by atomic mass is 32.2. The molecule has 0 radical (unpaired) electrons. The number of carbonyl (C=O) groups excluding carboxylic acids is 1. The lowest BCUT2D eigenvalue weighted by Gasteiger charge is -2.26. The van der Waals surface area contributed by atoms with Crippen LogP contribution in [0.4, 0.5) is 5.69 Å². The van der Waals surface area contributed by atoms with Crippen LogP contribution in [-0.2, 0) is 27.7 Å². The van der Waals surface area contributed by atoms with Crippen LogP contribution in [0.1, 0.15) is 45.5 Å². The smallest absolute Gasteiger partial charge is 0.259 e. The van der Waals surface area contributed by atoms with E-state index in [1.54, 1.807) is 29.9 Å². The summed E-state index contributed by atoms with van der Waals surface area (Å²) in [5, 5.41) is 16.8. The molecule has 4 aromatic rings. The average molecular weight is 603 g/mol. The predicted octanol–water partition coefficient (Wildman–Crippen LogP) is 4.80. The fourth-order valence-electron chi connectivity index (χ4n) is 5.18. The van der Waals surface area contributed by atoms with Crippen molar-refractivity contribution in [3.8, 4) is 11.3 Å². The highest BCUT2D eigenvalue weighted by Gasteiger charge is 2.28. The van der Waals surface area contributed by atoms with Crippen molar-refractivity contribution in [1.29, 1.82) is 0 Å². The number of benzene rings is 3. The Morgan fingerprint density at radius 1 is 0.977 bits per heavy atom. The summed E-state index contributed by atoms with van der Waals surface area (Å²) in [4.78, 5) is 13.9. The Kier molecular flexibility index (Phi) is 9.72. The van der Waals surface area contributed by atoms with E-state index < -0.39 is 10.0 Å². The Morgan fingerprint density at radius 2 is 1.72 bits per heavy atom. The van der Waals surface area contributed by atoms with Crippen molar-refractivity contribution in [2.45, 2.75) is 44.6 Å². The van der Waals surface area contributed by atoms with Crippen molar-refractivity contribution in [1.82, 2.24) is 14.1 Å². The van der Waals surface area contributed by atoms with Crippen LogP contribution in [0.3, 0.4) is 0 Å². The minimum absolute atomic E-state index is 0.167. The molecule has 1 aliphatic rings. The summed E-state index contributed by atoms with van der Waals surface area (Å²) in [6, 6.07) is 21.1. The van der Waals surface area contributed by atoms with Gasteiger partial charge in [-0.1, -0.05) is 60.2 Å². The summed E-state index contributed by atoms with van der Waals surface area (Å²) in [5.41, 5.74) is 6.09. The topological polar surface area (TPSA) is 114 Å². The molecule has 0 atom stereocenters. The SMILES string of the molecule is Cc1ccc(-c2nn(Cc3cccc(CCCCO)c3)cc2C(=O)Nc2ccc(C)c(S(=O)(=O)N3CCOCC3)c2)cc1. The van der Waals surface area contributed by atoms with Gasteiger partial charge >= 0.3 is 0 Å². The molecule has 0 bridgehead atoms. The Morgan fingerprint density at radius 3 is 2.47 bits per heavy atom. The number of unbranched alkanes of at least 4 members (excludes halogenated alkanes) is 1. The molecule has 10 heteroatoms. The van der Waals surface area contributed by atoms with E-state index in [2.05, 4.69) is 17.4 Å². The van der Waals surface area contributed by atoms with Crippen LogP contribution in [0, 0.1) is 13.8 Å². The third kappa shape index (κ3) is 7.40. The van der Waals surface area contributed by atoms with E-state index >= 15 is 0 Å². The van der Waals surface area contributed by atoms with Crippen LogP contribution >= 0.6 is 0 Å². The van der Waals surface area contributed by atoms with Gasteiger partial charge in [-0.3, -0.25) is 9.48 Å². The second-order valence-corrected chi connectivity index (χ2v) is 12.8. The number of aryl methyl sites for hydroxylation is 3. The third-order valence-electron chi connectivity index (χ3n) is 7.57. The monoisotopic (exact) mass is 602 g/mol. The van der Waals surface area contributed by atoms with Crippen LogP contribution in [0.5, 0.6) is 0 Å². The maximum atomic E-state index is 13.7. The Balaban J connectivity index is 1.42. The van der Waals surface area contributed by atoms with Crippen LogP contribution in [-0.4, -0.2) is 66.4 Å². The molecule has 1 amide bonds. The molecule has 1 fully saturated rings. The predicted molar refractivity (Wildman–Crippen MR) is 167 cm³/mol. The van der Waals surface area contributed by atoms with E-state index in [0.29, 0.717) is 55.4 Å². The molecular weight excluding hydrogens is 564 g/mol. The number of anilines is 1. The summed E-state index contributed by atoms with van der Waals surface area (Å²) in [6.45, 7) is 5.72. The lowest BCUT2D eigenvalue weighted by Crippen LogP contribution is -2.40. The highest BCUT2D eigenvalue weighted by Crippen LogP contribution is 2.27. The zero-order chi connectivity index (χ0) is 30.4. The van der Waals surface area contributed by atoms with Gasteiger partial charge in [0.15, 0.2) is 0 Å². The van der Waals surface area contributed by atoms with E-state index in [1.807, 2.05) is 43.3 Å². The molecule has 1 saturated heterocycles. The lowest BCUT2D eigenvalue weighted by molar-refractivity contribution is 0.0730. The Labute approximate surface area is 253 Å². The van der Waals surface area contributed by atoms with Gasteiger partial charge in [-0.15, -0.1) is 0 Å². The van der Waals surface area contributed by atoms with Crippen molar-refractivity contribution in [3.05, 3.63) is 101 Å². The zero-order valence-corrected chi connectivity index (χ0v) is 25.4. The Hall–Kier alpha value is -3.83. The molecule has 226 valence electrons. The van der Waals surface area contributed by atoms with Crippen molar-refractivity contribution in [2.24, 2.45) is 0 Å². The van der Waals surface area contributed by atoms with Crippen LogP contribution < -0.4 is 5.32 Å². The lowest BCUT2D eigenvalue weighted by atomic mass is 10.1. The van der Waals surface area contributed by atoms with Crippen LogP contribution in [0.25, 0.3) is 11.3 Å². The van der Waals surface area contributed by atoms with Crippen molar-refractivity contribution >= 4 is 21.6 Å². The molecule has 0 unspecified atom stereocenters. The second-order valence-electron chi connectivity index (χ2n) is 10.9. The van der Waals surface area contributed by atoms with Gasteiger partial charge in [-0.05, 0) is 61.9 Å². The van der Waals surface area contributed by atoms with Gasteiger partial charge in [-0.2, -0.15) is 9.40 Å². The number of ether oxygens (including phenoxy) is 1. The van der Waals surface area contributed by atoms with Gasteiger partial charge in [0, 0.05) is 37.1 Å². The normalized spacial score (nSPS) is 14.1. The number of rotatable bonds is 11. The first-order valence-electron chi connectivity index (χ1n) is 14.6. The van der Waals surface area contributed by atoms with Gasteiger partial charge in [0.1, 0.15) is 5.69 Å². The van der Waals surface area contributed by atoms with Crippen LogP contribution in [0.15, 0.2) is 77.8 Å². The molecule has 0 spiro atoms. The fourth-order valence-corrected chi connectivity index (χ4v) is 6.84. The molecule has 0 saturated carbocycles. The number of sulfonamides is 1. The summed E-state index contributed by atoms with van der Waals surface area (Å²) in [7, 11) is -3.74. The molecule has 2 heterocycles. The minimum atomic E-state index is -3.74. The number of carbonyl (C=O) groups is 1. The first-order chi connectivity index (χ1) is 20.7. The Bertz CT molecular complexity index is 1680. The van der Waals surface area contributed by atoms with Crippen molar-refractivity contribution in [3.63, 3.8) is 0 Å². The molecule has 1 aromatic heterocycles. The number of hydrogen-bond acceptors (Lipinski definition) is 6. The quantitative estimate of drug-likeness (QED) is 0.239. The number of aliphatic hydroxyl groups excluding tert-OH is 1. The molecule has 43 heavy (non-hydrogen) atoms. The molecule has 1 aliphatic heterocycles. The van der Waals surface area contributed by atoms with Crippen molar-refractivity contribution in [2.75, 3.05) is 38.2 Å². The maximum Gasteiger partial charge on any atom is 0.259 e. The minimum Gasteiger partial charge on any atom is -0.396 e. The van der Waals surface area contributed by atoms with E-state index in [9.17, 15) is 13.2 Å². The number of amides is 1. The van der Waals surface area contributed by atoms with Crippen molar-refractivity contribution < 1.29 is 23.1 Å². The van der Waals surface area contributed by atoms with E-state index in [-0.39, 0.29) is 17.4 Å². The summed E-state index contributed by atoms with van der Waals surface area (Å²) >= 11 is 0. The number of nitrogens with zero attached hydrogens (tertiary/aromatic N) is 3. The summed E-state index contributed by atoms with van der Waals surface area (Å²) in [6.07, 6.45) is 4.31. The van der Waals surface area contributed by atoms with Gasteiger partial charge in [0.2, 0.25) is 10.0 Å². The molecular formula is C33H38N4O5S. The van der Waals surface area contributed by atoms with E-state index in [1.165, 1.54) is 15.9 Å². The molecule has 3 aromatic carbocycles. The number of hydrogen-bond donors (Lipinski definition) is 2. The number of aromatic nitrogens is 2. The number of aliphatic hydroxyl groups is 1.